The van der Waals surface area contributed by atoms with Gasteiger partial charge in [0.2, 0.25) is 5.82 Å². The maximum absolute atomic E-state index is 11.2. The van der Waals surface area contributed by atoms with Gasteiger partial charge < -0.3 is 10.6 Å². The number of hydrogen-bond donors (Lipinski definition) is 1. The average molecular weight is 327 g/mol. The van der Waals surface area contributed by atoms with E-state index in [2.05, 4.69) is 25.0 Å². The van der Waals surface area contributed by atoms with E-state index in [1.807, 2.05) is 0 Å². The molecule has 8 heteroatoms. The van der Waals surface area contributed by atoms with E-state index in [9.17, 15) is 4.79 Å². The summed E-state index contributed by atoms with van der Waals surface area (Å²) in [5.74, 6) is 0.553. The van der Waals surface area contributed by atoms with E-state index in [4.69, 9.17) is 5.73 Å². The summed E-state index contributed by atoms with van der Waals surface area (Å²) in [5.41, 5.74) is 7.75. The Labute approximate surface area is 140 Å². The van der Waals surface area contributed by atoms with E-state index in [0.29, 0.717) is 0 Å². The Kier molecular flexibility index (Phi) is 3.87. The number of primary amides is 1. The third-order valence-electron chi connectivity index (χ3n) is 4.90. The molecule has 0 saturated carbocycles. The van der Waals surface area contributed by atoms with Crippen LogP contribution in [0.4, 0.5) is 5.82 Å². The number of aryl methyl sites for hydroxylation is 1. The third-order valence-corrected chi connectivity index (χ3v) is 4.90. The largest absolute Gasteiger partial charge is 0.363 e. The van der Waals surface area contributed by atoms with Crippen LogP contribution in [0, 0.1) is 0 Å². The van der Waals surface area contributed by atoms with E-state index < -0.39 is 5.91 Å². The average Bonchev–Trinajstić information content (AvgIpc) is 3.12. The first-order valence-electron chi connectivity index (χ1n) is 8.51. The monoisotopic (exact) mass is 327 g/mol. The van der Waals surface area contributed by atoms with Crippen LogP contribution in [0.2, 0.25) is 0 Å². The Morgan fingerprint density at radius 1 is 1.17 bits per heavy atom. The number of hydrogen-bond acceptors (Lipinski definition) is 6. The van der Waals surface area contributed by atoms with Crippen LogP contribution in [0.5, 0.6) is 0 Å². The van der Waals surface area contributed by atoms with Gasteiger partial charge in [0, 0.05) is 24.3 Å². The fourth-order valence-corrected chi connectivity index (χ4v) is 3.70. The number of carbonyl (C=O) groups is 1. The molecule has 1 aliphatic heterocycles. The molecule has 0 spiro atoms. The number of aromatic nitrogens is 5. The Bertz CT molecular complexity index is 757. The topological polar surface area (TPSA) is 103 Å². The third kappa shape index (κ3) is 2.72. The highest BCUT2D eigenvalue weighted by molar-refractivity contribution is 5.88. The van der Waals surface area contributed by atoms with Gasteiger partial charge in [-0.2, -0.15) is 0 Å². The van der Waals surface area contributed by atoms with Crippen LogP contribution in [0.3, 0.4) is 0 Å². The lowest BCUT2D eigenvalue weighted by atomic mass is 9.95. The van der Waals surface area contributed by atoms with Crippen molar-refractivity contribution in [2.24, 2.45) is 5.73 Å². The molecule has 1 fully saturated rings. The van der Waals surface area contributed by atoms with E-state index in [0.717, 1.165) is 44.6 Å². The standard InChI is InChI=1S/C16H21N7O/c17-14(24)15-20-10-23(21-15)11-4-3-7-22(8-11)16-12-5-1-2-6-13(12)18-9-19-16/h9-11H,1-8H2,(H2,17,24)/t11-/m0/s1. The highest BCUT2D eigenvalue weighted by atomic mass is 16.1. The second kappa shape index (κ2) is 6.18. The van der Waals surface area contributed by atoms with Crippen LogP contribution in [0.25, 0.3) is 0 Å². The number of rotatable bonds is 3. The molecule has 0 unspecified atom stereocenters. The van der Waals surface area contributed by atoms with Crippen LogP contribution in [0.1, 0.15) is 53.6 Å². The molecule has 0 aromatic carbocycles. The molecule has 0 radical (unpaired) electrons. The smallest absolute Gasteiger partial charge is 0.288 e. The highest BCUT2D eigenvalue weighted by Crippen LogP contribution is 2.31. The van der Waals surface area contributed by atoms with Crippen LogP contribution in [0.15, 0.2) is 12.7 Å². The van der Waals surface area contributed by atoms with Crippen LogP contribution in [-0.2, 0) is 12.8 Å². The van der Waals surface area contributed by atoms with Gasteiger partial charge >= 0.3 is 0 Å². The van der Waals surface area contributed by atoms with Gasteiger partial charge in [-0.15, -0.1) is 5.10 Å². The van der Waals surface area contributed by atoms with E-state index in [-0.39, 0.29) is 11.9 Å². The highest BCUT2D eigenvalue weighted by Gasteiger charge is 2.27. The number of piperidine rings is 1. The van der Waals surface area contributed by atoms with Gasteiger partial charge in [-0.1, -0.05) is 0 Å². The molecule has 4 rings (SSSR count). The van der Waals surface area contributed by atoms with Crippen LogP contribution >= 0.6 is 0 Å². The van der Waals surface area contributed by atoms with Crippen molar-refractivity contribution in [1.29, 1.82) is 0 Å². The Morgan fingerprint density at radius 3 is 2.88 bits per heavy atom. The van der Waals surface area contributed by atoms with Crippen molar-refractivity contribution >= 4 is 11.7 Å². The fraction of sp³-hybridized carbons (Fsp3) is 0.562. The van der Waals surface area contributed by atoms with E-state index in [1.54, 1.807) is 17.3 Å². The van der Waals surface area contributed by atoms with Crippen molar-refractivity contribution in [1.82, 2.24) is 24.7 Å². The summed E-state index contributed by atoms with van der Waals surface area (Å²) in [6, 6.07) is 0.175. The number of nitrogens with two attached hydrogens (primary N) is 1. The molecule has 2 aromatic heterocycles. The van der Waals surface area contributed by atoms with Crippen LogP contribution in [-0.4, -0.2) is 43.7 Å². The molecule has 1 atom stereocenters. The molecular weight excluding hydrogens is 306 g/mol. The van der Waals surface area contributed by atoms with E-state index >= 15 is 0 Å². The first-order valence-corrected chi connectivity index (χ1v) is 8.51. The summed E-state index contributed by atoms with van der Waals surface area (Å²) < 4.78 is 1.76. The van der Waals surface area contributed by atoms with Gasteiger partial charge in [0.15, 0.2) is 0 Å². The predicted octanol–water partition coefficient (Wildman–Crippen LogP) is 0.887. The second-order valence-electron chi connectivity index (χ2n) is 6.48. The molecule has 1 aliphatic carbocycles. The molecule has 3 heterocycles. The molecule has 2 aliphatic rings. The molecule has 126 valence electrons. The van der Waals surface area contributed by atoms with Crippen molar-refractivity contribution in [3.8, 4) is 0 Å². The number of amides is 1. The van der Waals surface area contributed by atoms with Crippen LogP contribution < -0.4 is 10.6 Å². The minimum absolute atomic E-state index is 0.0755. The summed E-state index contributed by atoms with van der Waals surface area (Å²) >= 11 is 0. The van der Waals surface area contributed by atoms with Gasteiger partial charge in [-0.25, -0.2) is 19.6 Å². The molecule has 1 amide bonds. The van der Waals surface area contributed by atoms with Gasteiger partial charge in [0.25, 0.3) is 5.91 Å². The molecule has 1 saturated heterocycles. The molecule has 2 aromatic rings. The van der Waals surface area contributed by atoms with Crippen molar-refractivity contribution < 1.29 is 4.79 Å². The molecule has 2 N–H and O–H groups in total. The first-order chi connectivity index (χ1) is 11.7. The van der Waals surface area contributed by atoms with Crippen molar-refractivity contribution in [2.45, 2.75) is 44.6 Å². The predicted molar refractivity (Wildman–Crippen MR) is 87.7 cm³/mol. The lowest BCUT2D eigenvalue weighted by Crippen LogP contribution is -2.38. The maximum atomic E-state index is 11.2. The zero-order chi connectivity index (χ0) is 16.5. The summed E-state index contributed by atoms with van der Waals surface area (Å²) in [7, 11) is 0. The van der Waals surface area contributed by atoms with Gasteiger partial charge in [-0.3, -0.25) is 4.79 Å². The minimum atomic E-state index is -0.591. The zero-order valence-electron chi connectivity index (χ0n) is 13.6. The zero-order valence-corrected chi connectivity index (χ0v) is 13.6. The number of nitrogens with zero attached hydrogens (tertiary/aromatic N) is 6. The fourth-order valence-electron chi connectivity index (χ4n) is 3.70. The summed E-state index contributed by atoms with van der Waals surface area (Å²) in [6.45, 7) is 1.79. The van der Waals surface area contributed by atoms with Crippen molar-refractivity contribution in [2.75, 3.05) is 18.0 Å². The second-order valence-corrected chi connectivity index (χ2v) is 6.48. The van der Waals surface area contributed by atoms with Gasteiger partial charge in [0.05, 0.1) is 6.04 Å². The summed E-state index contributed by atoms with van der Waals surface area (Å²) in [4.78, 5) is 26.5. The maximum Gasteiger partial charge on any atom is 0.288 e. The number of carbonyl (C=O) groups excluding carboxylic acids is 1. The lowest BCUT2D eigenvalue weighted by Gasteiger charge is -2.35. The van der Waals surface area contributed by atoms with Crippen molar-refractivity contribution in [3.63, 3.8) is 0 Å². The Morgan fingerprint density at radius 2 is 2.04 bits per heavy atom. The van der Waals surface area contributed by atoms with Gasteiger partial charge in [-0.05, 0) is 38.5 Å². The van der Waals surface area contributed by atoms with Crippen molar-refractivity contribution in [3.05, 3.63) is 29.7 Å². The molecule has 0 bridgehead atoms. The van der Waals surface area contributed by atoms with E-state index in [1.165, 1.54) is 24.1 Å². The first kappa shape index (κ1) is 15.0. The summed E-state index contributed by atoms with van der Waals surface area (Å²) in [6.07, 6.45) is 9.86. The Hall–Kier alpha value is -2.51. The molecular formula is C16H21N7O. The Balaban J connectivity index is 1.58. The minimum Gasteiger partial charge on any atom is -0.363 e. The quantitative estimate of drug-likeness (QED) is 0.898. The normalized spacial score (nSPS) is 20.7. The number of fused-ring (bicyclic) bond motifs is 1. The summed E-state index contributed by atoms with van der Waals surface area (Å²) in [5, 5.41) is 4.22. The lowest BCUT2D eigenvalue weighted by molar-refractivity contribution is 0.0990. The molecule has 24 heavy (non-hydrogen) atoms. The molecule has 8 nitrogen and oxygen atoms in total. The SMILES string of the molecule is NC(=O)c1ncn([C@H]2CCCN(c3ncnc4c3CCCC4)C2)n1. The number of anilines is 1. The van der Waals surface area contributed by atoms with Gasteiger partial charge in [0.1, 0.15) is 18.5 Å².